The quantitative estimate of drug-likeness (QED) is 0.749. The number of benzene rings is 2. The number of hydrogen-bond donors (Lipinski definition) is 1. The maximum atomic E-state index is 12.4. The molecule has 3 aromatic rings. The first-order chi connectivity index (χ1) is 10.1. The first-order valence-electron chi connectivity index (χ1n) is 6.19. The number of halogens is 1. The van der Waals surface area contributed by atoms with E-state index in [0.717, 1.165) is 10.8 Å². The molecular formula is C15H11ClN2O2S. The van der Waals surface area contributed by atoms with E-state index in [1.54, 1.807) is 12.1 Å². The number of anilines is 1. The van der Waals surface area contributed by atoms with Gasteiger partial charge in [0.1, 0.15) is 10.0 Å². The van der Waals surface area contributed by atoms with E-state index in [-0.39, 0.29) is 10.0 Å². The molecule has 0 amide bonds. The fourth-order valence-corrected chi connectivity index (χ4v) is 3.62. The van der Waals surface area contributed by atoms with Crippen molar-refractivity contribution < 1.29 is 8.42 Å². The molecule has 0 saturated heterocycles. The van der Waals surface area contributed by atoms with Gasteiger partial charge in [-0.3, -0.25) is 4.72 Å². The van der Waals surface area contributed by atoms with Crippen LogP contribution >= 0.6 is 11.6 Å². The van der Waals surface area contributed by atoms with Crippen molar-refractivity contribution in [2.24, 2.45) is 0 Å². The van der Waals surface area contributed by atoms with Crippen molar-refractivity contribution >= 4 is 38.1 Å². The Bertz CT molecular complexity index is 905. The van der Waals surface area contributed by atoms with E-state index in [1.807, 2.05) is 30.3 Å². The Labute approximate surface area is 127 Å². The zero-order chi connectivity index (χ0) is 14.9. The number of sulfonamides is 1. The number of pyridine rings is 1. The highest BCUT2D eigenvalue weighted by Gasteiger charge is 2.19. The summed E-state index contributed by atoms with van der Waals surface area (Å²) in [5, 5.41) is 1.73. The van der Waals surface area contributed by atoms with E-state index in [4.69, 9.17) is 11.6 Å². The summed E-state index contributed by atoms with van der Waals surface area (Å²) in [4.78, 5) is 3.75. The molecule has 2 aromatic carbocycles. The Balaban J connectivity index is 2.08. The first kappa shape index (κ1) is 13.9. The minimum absolute atomic E-state index is 0.0420. The normalized spacial score (nSPS) is 11.5. The molecule has 0 aliphatic carbocycles. The lowest BCUT2D eigenvalue weighted by Gasteiger charge is -2.11. The van der Waals surface area contributed by atoms with Crippen LogP contribution in [0.2, 0.25) is 5.15 Å². The molecule has 0 unspecified atom stereocenters. The molecule has 106 valence electrons. The lowest BCUT2D eigenvalue weighted by Crippen LogP contribution is -2.14. The number of aromatic nitrogens is 1. The first-order valence-corrected chi connectivity index (χ1v) is 8.05. The highest BCUT2D eigenvalue weighted by atomic mass is 35.5. The maximum absolute atomic E-state index is 12.4. The Hall–Kier alpha value is -2.11. The molecule has 0 saturated carbocycles. The molecule has 3 rings (SSSR count). The molecule has 4 nitrogen and oxygen atoms in total. The van der Waals surface area contributed by atoms with E-state index in [0.29, 0.717) is 5.69 Å². The van der Waals surface area contributed by atoms with Crippen LogP contribution in [0.3, 0.4) is 0 Å². The van der Waals surface area contributed by atoms with Crippen molar-refractivity contribution in [3.63, 3.8) is 0 Å². The molecule has 0 bridgehead atoms. The molecule has 0 fully saturated rings. The van der Waals surface area contributed by atoms with Crippen LogP contribution in [-0.4, -0.2) is 13.4 Å². The molecule has 6 heteroatoms. The molecule has 0 aliphatic heterocycles. The van der Waals surface area contributed by atoms with Crippen LogP contribution in [0.5, 0.6) is 0 Å². The third kappa shape index (κ3) is 2.70. The second kappa shape index (κ2) is 5.35. The van der Waals surface area contributed by atoms with Crippen LogP contribution < -0.4 is 4.72 Å². The average Bonchev–Trinajstić information content (AvgIpc) is 2.47. The van der Waals surface area contributed by atoms with Gasteiger partial charge in [-0.05, 0) is 23.6 Å². The molecule has 1 heterocycles. The summed E-state index contributed by atoms with van der Waals surface area (Å²) in [6, 6.07) is 15.9. The topological polar surface area (TPSA) is 59.1 Å². The van der Waals surface area contributed by atoms with E-state index in [1.165, 1.54) is 18.3 Å². The molecule has 0 spiro atoms. The predicted octanol–water partition coefficient (Wildman–Crippen LogP) is 3.69. The number of rotatable bonds is 3. The third-order valence-corrected chi connectivity index (χ3v) is 4.86. The van der Waals surface area contributed by atoms with Crippen molar-refractivity contribution in [3.05, 3.63) is 65.9 Å². The Morgan fingerprint density at radius 2 is 1.71 bits per heavy atom. The standard InChI is InChI=1S/C15H11ClN2O2S/c16-15-14(9-4-10-17-15)21(19,20)18-13-8-3-6-11-5-1-2-7-12(11)13/h1-10,18H. The molecule has 0 radical (unpaired) electrons. The SMILES string of the molecule is O=S(=O)(Nc1cccc2ccccc12)c1cccnc1Cl. The average molecular weight is 319 g/mol. The minimum atomic E-state index is -3.78. The Kier molecular flexibility index (Phi) is 3.53. The summed E-state index contributed by atoms with van der Waals surface area (Å²) in [5.74, 6) is 0. The molecule has 1 aromatic heterocycles. The van der Waals surface area contributed by atoms with Crippen molar-refractivity contribution in [2.45, 2.75) is 4.90 Å². The monoisotopic (exact) mass is 318 g/mol. The van der Waals surface area contributed by atoms with Gasteiger partial charge in [0.05, 0.1) is 5.69 Å². The summed E-state index contributed by atoms with van der Waals surface area (Å²) in [5.41, 5.74) is 0.507. The van der Waals surface area contributed by atoms with Gasteiger partial charge in [-0.2, -0.15) is 0 Å². The number of nitrogens with zero attached hydrogens (tertiary/aromatic N) is 1. The van der Waals surface area contributed by atoms with Gasteiger partial charge in [-0.25, -0.2) is 13.4 Å². The van der Waals surface area contributed by atoms with E-state index >= 15 is 0 Å². The summed E-state index contributed by atoms with van der Waals surface area (Å²) < 4.78 is 27.4. The van der Waals surface area contributed by atoms with E-state index in [9.17, 15) is 8.42 Å². The maximum Gasteiger partial charge on any atom is 0.264 e. The smallest absolute Gasteiger partial charge is 0.264 e. The van der Waals surface area contributed by atoms with E-state index < -0.39 is 10.0 Å². The molecule has 1 N–H and O–H groups in total. The summed E-state index contributed by atoms with van der Waals surface area (Å²) in [7, 11) is -3.78. The van der Waals surface area contributed by atoms with Crippen LogP contribution in [0.25, 0.3) is 10.8 Å². The highest BCUT2D eigenvalue weighted by molar-refractivity contribution is 7.92. The van der Waals surface area contributed by atoms with Gasteiger partial charge in [0.15, 0.2) is 0 Å². The van der Waals surface area contributed by atoms with Gasteiger partial charge in [0.2, 0.25) is 0 Å². The third-order valence-electron chi connectivity index (χ3n) is 3.05. The van der Waals surface area contributed by atoms with Crippen molar-refractivity contribution in [2.75, 3.05) is 4.72 Å². The van der Waals surface area contributed by atoms with E-state index in [2.05, 4.69) is 9.71 Å². The fraction of sp³-hybridized carbons (Fsp3) is 0. The predicted molar refractivity (Wildman–Crippen MR) is 84.0 cm³/mol. The highest BCUT2D eigenvalue weighted by Crippen LogP contribution is 2.27. The van der Waals surface area contributed by atoms with Crippen LogP contribution in [0.4, 0.5) is 5.69 Å². The zero-order valence-electron chi connectivity index (χ0n) is 10.8. The second-order valence-corrected chi connectivity index (χ2v) is 6.43. The van der Waals surface area contributed by atoms with Crippen LogP contribution in [0.1, 0.15) is 0 Å². The molecule has 0 atom stereocenters. The summed E-state index contributed by atoms with van der Waals surface area (Å²) >= 11 is 5.86. The van der Waals surface area contributed by atoms with Crippen LogP contribution in [0.15, 0.2) is 65.7 Å². The van der Waals surface area contributed by atoms with Crippen LogP contribution in [-0.2, 0) is 10.0 Å². The molecule has 0 aliphatic rings. The van der Waals surface area contributed by atoms with Gasteiger partial charge in [-0.15, -0.1) is 0 Å². The van der Waals surface area contributed by atoms with Gasteiger partial charge >= 0.3 is 0 Å². The van der Waals surface area contributed by atoms with Crippen LogP contribution in [0, 0.1) is 0 Å². The Morgan fingerprint density at radius 3 is 2.52 bits per heavy atom. The number of hydrogen-bond acceptors (Lipinski definition) is 3. The lowest BCUT2D eigenvalue weighted by atomic mass is 10.1. The van der Waals surface area contributed by atoms with Crippen molar-refractivity contribution in [1.29, 1.82) is 0 Å². The lowest BCUT2D eigenvalue weighted by molar-refractivity contribution is 0.601. The number of fused-ring (bicyclic) bond motifs is 1. The largest absolute Gasteiger partial charge is 0.279 e. The van der Waals surface area contributed by atoms with Gasteiger partial charge in [0.25, 0.3) is 10.0 Å². The summed E-state index contributed by atoms with van der Waals surface area (Å²) in [6.07, 6.45) is 1.44. The van der Waals surface area contributed by atoms with Crippen molar-refractivity contribution in [1.82, 2.24) is 4.98 Å². The van der Waals surface area contributed by atoms with Gasteiger partial charge in [-0.1, -0.05) is 48.0 Å². The van der Waals surface area contributed by atoms with Gasteiger partial charge in [0, 0.05) is 11.6 Å². The zero-order valence-corrected chi connectivity index (χ0v) is 12.4. The van der Waals surface area contributed by atoms with Gasteiger partial charge < -0.3 is 0 Å². The second-order valence-electron chi connectivity index (χ2n) is 4.42. The summed E-state index contributed by atoms with van der Waals surface area (Å²) in [6.45, 7) is 0. The fourth-order valence-electron chi connectivity index (χ4n) is 2.09. The molecule has 21 heavy (non-hydrogen) atoms. The number of nitrogens with one attached hydrogen (secondary N) is 1. The minimum Gasteiger partial charge on any atom is -0.279 e. The Morgan fingerprint density at radius 1 is 0.952 bits per heavy atom. The van der Waals surface area contributed by atoms with Crippen molar-refractivity contribution in [3.8, 4) is 0 Å². The molecular weight excluding hydrogens is 308 g/mol.